The largest absolute Gasteiger partial charge is 0.476 e. The fourth-order valence-corrected chi connectivity index (χ4v) is 0.808. The van der Waals surface area contributed by atoms with Gasteiger partial charge in [0.1, 0.15) is 0 Å². The van der Waals surface area contributed by atoms with Crippen LogP contribution in [0.2, 0.25) is 5.02 Å². The van der Waals surface area contributed by atoms with Crippen LogP contribution in [-0.2, 0) is 0 Å². The zero-order valence-corrected chi connectivity index (χ0v) is 6.95. The van der Waals surface area contributed by atoms with Crippen molar-refractivity contribution in [2.24, 2.45) is 5.73 Å². The number of hydrogen-bond donors (Lipinski definition) is 2. The molecule has 0 aliphatic carbocycles. The molecule has 0 unspecified atom stereocenters. The summed E-state index contributed by atoms with van der Waals surface area (Å²) >= 11 is 5.44. The number of carbonyl (C=O) groups is 2. The molecule has 0 aliphatic heterocycles. The molecule has 0 atom stereocenters. The van der Waals surface area contributed by atoms with E-state index in [1.165, 1.54) is 0 Å². The summed E-state index contributed by atoms with van der Waals surface area (Å²) in [5.41, 5.74) is 4.39. The Labute approximate surface area is 77.4 Å². The van der Waals surface area contributed by atoms with E-state index in [1.54, 1.807) is 0 Å². The molecular weight excluding hydrogens is 198 g/mol. The van der Waals surface area contributed by atoms with Crippen LogP contribution in [0.25, 0.3) is 0 Å². The topological polar surface area (TPSA) is 106 Å². The maximum absolute atomic E-state index is 10.5. The van der Waals surface area contributed by atoms with Gasteiger partial charge in [0.15, 0.2) is 5.69 Å². The van der Waals surface area contributed by atoms with Crippen molar-refractivity contribution in [3.8, 4) is 0 Å². The molecule has 6 nitrogen and oxygen atoms in total. The summed E-state index contributed by atoms with van der Waals surface area (Å²) in [7, 11) is 0. The first-order valence-electron chi connectivity index (χ1n) is 3.08. The minimum absolute atomic E-state index is 0.141. The summed E-state index contributed by atoms with van der Waals surface area (Å²) in [5.74, 6) is -2.61. The van der Waals surface area contributed by atoms with Gasteiger partial charge in [-0.25, -0.2) is 14.8 Å². The number of aromatic carboxylic acids is 1. The second kappa shape index (κ2) is 3.36. The predicted molar refractivity (Wildman–Crippen MR) is 42.5 cm³/mol. The molecule has 1 amide bonds. The molecule has 0 fully saturated rings. The molecule has 0 aromatic carbocycles. The zero-order valence-electron chi connectivity index (χ0n) is 6.19. The monoisotopic (exact) mass is 201 g/mol. The van der Waals surface area contributed by atoms with E-state index in [4.69, 9.17) is 22.4 Å². The predicted octanol–water partition coefficient (Wildman–Crippen LogP) is -0.0729. The lowest BCUT2D eigenvalue weighted by molar-refractivity contribution is 0.0690. The Kier molecular flexibility index (Phi) is 2.43. The van der Waals surface area contributed by atoms with Crippen LogP contribution in [0.4, 0.5) is 0 Å². The van der Waals surface area contributed by atoms with Crippen LogP contribution < -0.4 is 5.73 Å². The van der Waals surface area contributed by atoms with E-state index >= 15 is 0 Å². The molecule has 1 heterocycles. The Hall–Kier alpha value is -1.69. The Bertz CT molecular complexity index is 379. The van der Waals surface area contributed by atoms with E-state index in [1.807, 2.05) is 0 Å². The molecule has 68 valence electrons. The SMILES string of the molecule is NC(=O)c1ncc(Cl)c(C(=O)O)n1. The van der Waals surface area contributed by atoms with Crippen molar-refractivity contribution in [1.82, 2.24) is 9.97 Å². The number of nitrogens with zero attached hydrogens (tertiary/aromatic N) is 2. The van der Waals surface area contributed by atoms with Crippen LogP contribution in [0, 0.1) is 0 Å². The summed E-state index contributed by atoms with van der Waals surface area (Å²) in [6.45, 7) is 0. The number of rotatable bonds is 2. The van der Waals surface area contributed by atoms with E-state index < -0.39 is 17.6 Å². The molecule has 0 spiro atoms. The molecule has 0 radical (unpaired) electrons. The summed E-state index contributed by atoms with van der Waals surface area (Å²) in [6, 6.07) is 0. The summed E-state index contributed by atoms with van der Waals surface area (Å²) in [4.78, 5) is 27.8. The Balaban J connectivity index is 3.27. The Morgan fingerprint density at radius 2 is 2.15 bits per heavy atom. The number of carboxylic acid groups (broad SMARTS) is 1. The molecule has 1 aromatic heterocycles. The van der Waals surface area contributed by atoms with Gasteiger partial charge in [-0.2, -0.15) is 0 Å². The highest BCUT2D eigenvalue weighted by Gasteiger charge is 2.14. The number of primary amides is 1. The van der Waals surface area contributed by atoms with Crippen molar-refractivity contribution >= 4 is 23.5 Å². The summed E-state index contributed by atoms with van der Waals surface area (Å²) < 4.78 is 0. The number of amides is 1. The number of carbonyl (C=O) groups excluding carboxylic acids is 1. The second-order valence-corrected chi connectivity index (χ2v) is 2.47. The van der Waals surface area contributed by atoms with E-state index in [-0.39, 0.29) is 10.8 Å². The van der Waals surface area contributed by atoms with Crippen LogP contribution in [-0.4, -0.2) is 27.0 Å². The van der Waals surface area contributed by atoms with Crippen molar-refractivity contribution in [2.75, 3.05) is 0 Å². The van der Waals surface area contributed by atoms with Gasteiger partial charge in [-0.15, -0.1) is 0 Å². The van der Waals surface area contributed by atoms with Crippen molar-refractivity contribution in [2.45, 2.75) is 0 Å². The molecule has 13 heavy (non-hydrogen) atoms. The molecule has 0 saturated carbocycles. The van der Waals surface area contributed by atoms with Crippen molar-refractivity contribution in [3.63, 3.8) is 0 Å². The smallest absolute Gasteiger partial charge is 0.356 e. The minimum Gasteiger partial charge on any atom is -0.476 e. The van der Waals surface area contributed by atoms with Gasteiger partial charge in [-0.05, 0) is 0 Å². The molecule has 1 rings (SSSR count). The normalized spacial score (nSPS) is 9.62. The van der Waals surface area contributed by atoms with E-state index in [0.717, 1.165) is 6.20 Å². The summed E-state index contributed by atoms with van der Waals surface area (Å²) in [5, 5.41) is 8.40. The Morgan fingerprint density at radius 3 is 2.62 bits per heavy atom. The van der Waals surface area contributed by atoms with Gasteiger partial charge in [-0.3, -0.25) is 4.79 Å². The molecule has 1 aromatic rings. The van der Waals surface area contributed by atoms with Gasteiger partial charge in [-0.1, -0.05) is 11.6 Å². The molecule has 0 aliphatic rings. The van der Waals surface area contributed by atoms with Crippen LogP contribution >= 0.6 is 11.6 Å². The van der Waals surface area contributed by atoms with Gasteiger partial charge in [0.2, 0.25) is 5.82 Å². The first-order valence-corrected chi connectivity index (χ1v) is 3.46. The maximum Gasteiger partial charge on any atom is 0.356 e. The molecule has 0 saturated heterocycles. The minimum atomic E-state index is -1.34. The van der Waals surface area contributed by atoms with Crippen LogP contribution in [0.15, 0.2) is 6.20 Å². The quantitative estimate of drug-likeness (QED) is 0.697. The fourth-order valence-electron chi connectivity index (χ4n) is 0.636. The molecule has 3 N–H and O–H groups in total. The number of hydrogen-bond acceptors (Lipinski definition) is 4. The van der Waals surface area contributed by atoms with Gasteiger partial charge < -0.3 is 10.8 Å². The first kappa shape index (κ1) is 9.40. The van der Waals surface area contributed by atoms with Gasteiger partial charge >= 0.3 is 5.97 Å². The van der Waals surface area contributed by atoms with Crippen molar-refractivity contribution < 1.29 is 14.7 Å². The van der Waals surface area contributed by atoms with Crippen molar-refractivity contribution in [1.29, 1.82) is 0 Å². The molecular formula is C6H4ClN3O3. The molecule has 0 bridgehead atoms. The number of halogens is 1. The highest BCUT2D eigenvalue weighted by atomic mass is 35.5. The lowest BCUT2D eigenvalue weighted by atomic mass is 10.4. The third-order valence-electron chi connectivity index (χ3n) is 1.17. The van der Waals surface area contributed by atoms with Crippen LogP contribution in [0.1, 0.15) is 21.1 Å². The highest BCUT2D eigenvalue weighted by molar-refractivity contribution is 6.33. The van der Waals surface area contributed by atoms with Crippen LogP contribution in [0.5, 0.6) is 0 Å². The van der Waals surface area contributed by atoms with E-state index in [0.29, 0.717) is 0 Å². The average Bonchev–Trinajstić information content (AvgIpc) is 2.04. The van der Waals surface area contributed by atoms with Gasteiger partial charge in [0.25, 0.3) is 5.91 Å². The fraction of sp³-hybridized carbons (Fsp3) is 0. The van der Waals surface area contributed by atoms with Gasteiger partial charge in [0, 0.05) is 0 Å². The lowest BCUT2D eigenvalue weighted by Crippen LogP contribution is -2.17. The average molecular weight is 202 g/mol. The maximum atomic E-state index is 10.5. The molecule has 7 heteroatoms. The summed E-state index contributed by atoms with van der Waals surface area (Å²) in [6.07, 6.45) is 1.01. The lowest BCUT2D eigenvalue weighted by Gasteiger charge is -1.98. The number of carboxylic acids is 1. The Morgan fingerprint density at radius 1 is 1.54 bits per heavy atom. The van der Waals surface area contributed by atoms with Crippen molar-refractivity contribution in [3.05, 3.63) is 22.7 Å². The van der Waals surface area contributed by atoms with E-state index in [9.17, 15) is 9.59 Å². The van der Waals surface area contributed by atoms with Crippen LogP contribution in [0.3, 0.4) is 0 Å². The number of aromatic nitrogens is 2. The van der Waals surface area contributed by atoms with E-state index in [2.05, 4.69) is 9.97 Å². The van der Waals surface area contributed by atoms with Gasteiger partial charge in [0.05, 0.1) is 11.2 Å². The highest BCUT2D eigenvalue weighted by Crippen LogP contribution is 2.11. The second-order valence-electron chi connectivity index (χ2n) is 2.06. The first-order chi connectivity index (χ1) is 6.02. The third-order valence-corrected chi connectivity index (χ3v) is 1.44. The zero-order chi connectivity index (χ0) is 10.0. The third kappa shape index (κ3) is 1.91. The standard InChI is InChI=1S/C6H4ClN3O3/c7-2-1-9-5(4(8)11)10-3(2)6(12)13/h1H,(H2,8,11)(H,12,13). The number of nitrogens with two attached hydrogens (primary N) is 1.